The van der Waals surface area contributed by atoms with Crippen LogP contribution >= 0.6 is 0 Å². The predicted octanol–water partition coefficient (Wildman–Crippen LogP) is 3.03. The molecule has 0 spiro atoms. The number of anilines is 1. The first-order chi connectivity index (χ1) is 10.8. The molecule has 1 aromatic rings. The molecule has 2 rings (SSSR count). The summed E-state index contributed by atoms with van der Waals surface area (Å²) in [5.41, 5.74) is 0.0135. The van der Waals surface area contributed by atoms with E-state index in [2.05, 4.69) is 5.32 Å². The van der Waals surface area contributed by atoms with Gasteiger partial charge in [-0.25, -0.2) is 4.79 Å². The van der Waals surface area contributed by atoms with Crippen LogP contribution in [0.1, 0.15) is 33.6 Å². The molecule has 1 saturated heterocycles. The number of likely N-dealkylation sites (tertiary alicyclic amines) is 1. The van der Waals surface area contributed by atoms with E-state index < -0.39 is 17.7 Å². The van der Waals surface area contributed by atoms with Crippen molar-refractivity contribution in [3.05, 3.63) is 24.3 Å². The van der Waals surface area contributed by atoms with Crippen LogP contribution in [0.3, 0.4) is 0 Å². The number of methoxy groups -OCH3 is 1. The van der Waals surface area contributed by atoms with E-state index >= 15 is 0 Å². The van der Waals surface area contributed by atoms with Gasteiger partial charge in [0.2, 0.25) is 5.91 Å². The summed E-state index contributed by atoms with van der Waals surface area (Å²) in [6, 6.07) is 6.67. The highest BCUT2D eigenvalue weighted by Gasteiger charge is 2.36. The molecule has 6 nitrogen and oxygen atoms in total. The highest BCUT2D eigenvalue weighted by molar-refractivity contribution is 5.97. The van der Waals surface area contributed by atoms with Gasteiger partial charge in [0.05, 0.1) is 12.8 Å². The number of hydrogen-bond acceptors (Lipinski definition) is 4. The van der Waals surface area contributed by atoms with E-state index in [1.807, 2.05) is 32.9 Å². The summed E-state index contributed by atoms with van der Waals surface area (Å²) in [7, 11) is 1.55. The molecule has 2 amide bonds. The van der Waals surface area contributed by atoms with Crippen LogP contribution in [-0.2, 0) is 9.53 Å². The minimum atomic E-state index is -0.580. The quantitative estimate of drug-likeness (QED) is 0.929. The lowest BCUT2D eigenvalue weighted by Crippen LogP contribution is -2.45. The molecule has 0 bridgehead atoms. The molecule has 1 heterocycles. The van der Waals surface area contributed by atoms with E-state index in [1.54, 1.807) is 19.2 Å². The molecule has 1 aliphatic rings. The number of para-hydroxylation sites is 2. The molecule has 1 fully saturated rings. The lowest BCUT2D eigenvalue weighted by Gasteiger charge is -2.28. The van der Waals surface area contributed by atoms with E-state index in [1.165, 1.54) is 4.90 Å². The van der Waals surface area contributed by atoms with E-state index in [0.29, 0.717) is 24.4 Å². The van der Waals surface area contributed by atoms with Crippen LogP contribution in [0, 0.1) is 0 Å². The summed E-state index contributed by atoms with van der Waals surface area (Å²) >= 11 is 0. The first kappa shape index (κ1) is 17.1. The first-order valence-electron chi connectivity index (χ1n) is 7.75. The number of rotatable bonds is 3. The molecule has 0 unspecified atom stereocenters. The SMILES string of the molecule is COc1ccccc1NC(=O)[C@H]1CCCN1C(=O)OC(C)(C)C. The topological polar surface area (TPSA) is 67.9 Å². The number of ether oxygens (including phenoxy) is 2. The van der Waals surface area contributed by atoms with Crippen molar-refractivity contribution >= 4 is 17.7 Å². The van der Waals surface area contributed by atoms with E-state index in [0.717, 1.165) is 6.42 Å². The summed E-state index contributed by atoms with van der Waals surface area (Å²) < 4.78 is 10.6. The molecule has 1 N–H and O–H groups in total. The third kappa shape index (κ3) is 4.37. The van der Waals surface area contributed by atoms with Gasteiger partial charge in [-0.2, -0.15) is 0 Å². The molecular weight excluding hydrogens is 296 g/mol. The molecule has 0 aromatic heterocycles. The fourth-order valence-electron chi connectivity index (χ4n) is 2.54. The molecule has 23 heavy (non-hydrogen) atoms. The highest BCUT2D eigenvalue weighted by Crippen LogP contribution is 2.26. The standard InChI is InChI=1S/C17H24N2O4/c1-17(2,3)23-16(21)19-11-7-9-13(19)15(20)18-12-8-5-6-10-14(12)22-4/h5-6,8,10,13H,7,9,11H2,1-4H3,(H,18,20)/t13-/m1/s1. The van der Waals surface area contributed by atoms with E-state index in [-0.39, 0.29) is 5.91 Å². The van der Waals surface area contributed by atoms with Crippen LogP contribution in [0.15, 0.2) is 24.3 Å². The number of carbonyl (C=O) groups is 2. The number of nitrogens with zero attached hydrogens (tertiary/aromatic N) is 1. The Balaban J connectivity index is 2.07. The zero-order valence-electron chi connectivity index (χ0n) is 14.1. The van der Waals surface area contributed by atoms with Gasteiger partial charge in [-0.15, -0.1) is 0 Å². The van der Waals surface area contributed by atoms with Gasteiger partial charge in [-0.3, -0.25) is 9.69 Å². The highest BCUT2D eigenvalue weighted by atomic mass is 16.6. The van der Waals surface area contributed by atoms with E-state index in [4.69, 9.17) is 9.47 Å². The van der Waals surface area contributed by atoms with Crippen LogP contribution in [0.4, 0.5) is 10.5 Å². The van der Waals surface area contributed by atoms with Gasteiger partial charge in [-0.05, 0) is 45.7 Å². The smallest absolute Gasteiger partial charge is 0.410 e. The van der Waals surface area contributed by atoms with Gasteiger partial charge < -0.3 is 14.8 Å². The van der Waals surface area contributed by atoms with Gasteiger partial charge in [-0.1, -0.05) is 12.1 Å². The number of hydrogen-bond donors (Lipinski definition) is 1. The zero-order chi connectivity index (χ0) is 17.0. The molecule has 1 atom stereocenters. The Morgan fingerprint density at radius 3 is 2.61 bits per heavy atom. The minimum Gasteiger partial charge on any atom is -0.495 e. The van der Waals surface area contributed by atoms with Gasteiger partial charge in [0.25, 0.3) is 0 Å². The van der Waals surface area contributed by atoms with Crippen molar-refractivity contribution in [2.24, 2.45) is 0 Å². The van der Waals surface area contributed by atoms with Crippen molar-refractivity contribution in [2.75, 3.05) is 19.0 Å². The summed E-state index contributed by atoms with van der Waals surface area (Å²) in [6.45, 7) is 5.96. The number of nitrogens with one attached hydrogen (secondary N) is 1. The predicted molar refractivity (Wildman–Crippen MR) is 87.6 cm³/mol. The number of carbonyl (C=O) groups excluding carboxylic acids is 2. The molecule has 126 valence electrons. The first-order valence-corrected chi connectivity index (χ1v) is 7.75. The number of amides is 2. The third-order valence-corrected chi connectivity index (χ3v) is 3.55. The van der Waals surface area contributed by atoms with Crippen molar-refractivity contribution in [1.29, 1.82) is 0 Å². The van der Waals surface area contributed by atoms with Gasteiger partial charge in [0.15, 0.2) is 0 Å². The average molecular weight is 320 g/mol. The van der Waals surface area contributed by atoms with E-state index in [9.17, 15) is 9.59 Å². The second-order valence-corrected chi connectivity index (χ2v) is 6.52. The summed E-state index contributed by atoms with van der Waals surface area (Å²) in [5.74, 6) is 0.362. The average Bonchev–Trinajstić information content (AvgIpc) is 2.95. The van der Waals surface area contributed by atoms with Crippen LogP contribution < -0.4 is 10.1 Å². The Hall–Kier alpha value is -2.24. The molecule has 0 radical (unpaired) electrons. The molecule has 1 aromatic carbocycles. The van der Waals surface area contributed by atoms with Crippen LogP contribution in [0.5, 0.6) is 5.75 Å². The molecule has 0 aliphatic carbocycles. The molecule has 0 saturated carbocycles. The Kier molecular flexibility index (Phi) is 5.13. The normalized spacial score (nSPS) is 17.7. The second-order valence-electron chi connectivity index (χ2n) is 6.52. The fourth-order valence-corrected chi connectivity index (χ4v) is 2.54. The molecular formula is C17H24N2O4. The minimum absolute atomic E-state index is 0.224. The Labute approximate surface area is 136 Å². The largest absolute Gasteiger partial charge is 0.495 e. The van der Waals surface area contributed by atoms with Crippen LogP contribution in [0.2, 0.25) is 0 Å². The second kappa shape index (κ2) is 6.89. The lowest BCUT2D eigenvalue weighted by atomic mass is 10.2. The third-order valence-electron chi connectivity index (χ3n) is 3.55. The van der Waals surface area contributed by atoms with Gasteiger partial charge >= 0.3 is 6.09 Å². The summed E-state index contributed by atoms with van der Waals surface area (Å²) in [6.07, 6.45) is 0.957. The van der Waals surface area contributed by atoms with Gasteiger partial charge in [0.1, 0.15) is 17.4 Å². The zero-order valence-corrected chi connectivity index (χ0v) is 14.1. The Morgan fingerprint density at radius 1 is 1.26 bits per heavy atom. The van der Waals surface area contributed by atoms with Crippen molar-refractivity contribution in [3.8, 4) is 5.75 Å². The van der Waals surface area contributed by atoms with Crippen molar-refractivity contribution < 1.29 is 19.1 Å². The molecule has 6 heteroatoms. The molecule has 1 aliphatic heterocycles. The lowest BCUT2D eigenvalue weighted by molar-refractivity contribution is -0.120. The maximum Gasteiger partial charge on any atom is 0.410 e. The maximum atomic E-state index is 12.5. The number of benzene rings is 1. The summed E-state index contributed by atoms with van der Waals surface area (Å²) in [5, 5.41) is 2.84. The van der Waals surface area contributed by atoms with Crippen LogP contribution in [-0.4, -0.2) is 42.2 Å². The van der Waals surface area contributed by atoms with Crippen molar-refractivity contribution in [3.63, 3.8) is 0 Å². The Bertz CT molecular complexity index is 580. The maximum absolute atomic E-state index is 12.5. The Morgan fingerprint density at radius 2 is 1.96 bits per heavy atom. The van der Waals surface area contributed by atoms with Crippen molar-refractivity contribution in [1.82, 2.24) is 4.90 Å². The van der Waals surface area contributed by atoms with Crippen molar-refractivity contribution in [2.45, 2.75) is 45.3 Å². The van der Waals surface area contributed by atoms with Crippen LogP contribution in [0.25, 0.3) is 0 Å². The monoisotopic (exact) mass is 320 g/mol. The fraction of sp³-hybridized carbons (Fsp3) is 0.529. The van der Waals surface area contributed by atoms with Gasteiger partial charge in [0, 0.05) is 6.54 Å². The summed E-state index contributed by atoms with van der Waals surface area (Å²) in [4.78, 5) is 26.3.